The zero-order valence-electron chi connectivity index (χ0n) is 13.2. The zero-order valence-corrected chi connectivity index (χ0v) is 13.2. The second kappa shape index (κ2) is 5.99. The summed E-state index contributed by atoms with van der Waals surface area (Å²) in [5.41, 5.74) is 1.22. The Hall–Kier alpha value is -2.43. The van der Waals surface area contributed by atoms with Crippen LogP contribution in [0.3, 0.4) is 0 Å². The molecule has 1 saturated heterocycles. The fraction of sp³-hybridized carbons (Fsp3) is 0.389. The smallest absolute Gasteiger partial charge is 0.233 e. The van der Waals surface area contributed by atoms with Gasteiger partial charge in [0.15, 0.2) is 5.78 Å². The standard InChI is InChI=1S/C18H19NO4/c1-11(20)12-7-8-16(23-2)13(9-12)10-19-17(21)14-5-3-4-6-15(14)18(19)22/h3-4,7-9,14-15H,5-6,10H2,1-2H3/t14-,15-/m0/s1. The molecule has 0 aromatic heterocycles. The lowest BCUT2D eigenvalue weighted by Crippen LogP contribution is -2.30. The van der Waals surface area contributed by atoms with E-state index in [0.29, 0.717) is 29.7 Å². The average molecular weight is 313 g/mol. The number of ether oxygens (including phenoxy) is 1. The lowest BCUT2D eigenvalue weighted by atomic mass is 9.85. The molecule has 2 atom stereocenters. The van der Waals surface area contributed by atoms with Gasteiger partial charge in [0.05, 0.1) is 25.5 Å². The molecular weight excluding hydrogens is 294 g/mol. The van der Waals surface area contributed by atoms with E-state index in [1.165, 1.54) is 18.9 Å². The SMILES string of the molecule is COc1ccc(C(C)=O)cc1CN1C(=O)[C@H]2CC=CC[C@@H]2C1=O. The third-order valence-corrected chi connectivity index (χ3v) is 4.61. The number of allylic oxidation sites excluding steroid dienone is 2. The van der Waals surface area contributed by atoms with E-state index in [9.17, 15) is 14.4 Å². The number of benzene rings is 1. The van der Waals surface area contributed by atoms with Crippen LogP contribution < -0.4 is 4.74 Å². The maximum absolute atomic E-state index is 12.5. The van der Waals surface area contributed by atoms with Gasteiger partial charge in [0, 0.05) is 11.1 Å². The van der Waals surface area contributed by atoms with Gasteiger partial charge >= 0.3 is 0 Å². The fourth-order valence-electron chi connectivity index (χ4n) is 3.32. The van der Waals surface area contributed by atoms with Gasteiger partial charge < -0.3 is 4.74 Å². The van der Waals surface area contributed by atoms with E-state index in [4.69, 9.17) is 4.74 Å². The predicted molar refractivity (Wildman–Crippen MR) is 83.9 cm³/mol. The number of rotatable bonds is 4. The molecule has 23 heavy (non-hydrogen) atoms. The van der Waals surface area contributed by atoms with Gasteiger partial charge in [-0.3, -0.25) is 19.3 Å². The van der Waals surface area contributed by atoms with Crippen molar-refractivity contribution in [1.29, 1.82) is 0 Å². The number of fused-ring (bicyclic) bond motifs is 1. The monoisotopic (exact) mass is 313 g/mol. The Labute approximate surface area is 134 Å². The Morgan fingerprint density at radius 1 is 1.17 bits per heavy atom. The van der Waals surface area contributed by atoms with E-state index in [0.717, 1.165) is 0 Å². The van der Waals surface area contributed by atoms with Gasteiger partial charge in [-0.2, -0.15) is 0 Å². The number of carbonyl (C=O) groups excluding carboxylic acids is 3. The summed E-state index contributed by atoms with van der Waals surface area (Å²) < 4.78 is 5.31. The molecule has 2 aliphatic rings. The number of imide groups is 1. The molecule has 5 nitrogen and oxygen atoms in total. The molecule has 0 bridgehead atoms. The topological polar surface area (TPSA) is 63.7 Å². The minimum absolute atomic E-state index is 0.0640. The third-order valence-electron chi connectivity index (χ3n) is 4.61. The molecule has 0 N–H and O–H groups in total. The van der Waals surface area contributed by atoms with Gasteiger partial charge in [-0.1, -0.05) is 12.2 Å². The summed E-state index contributed by atoms with van der Waals surface area (Å²) in [6.45, 7) is 1.63. The van der Waals surface area contributed by atoms with E-state index in [1.54, 1.807) is 18.2 Å². The maximum atomic E-state index is 12.5. The highest BCUT2D eigenvalue weighted by Crippen LogP contribution is 2.36. The minimum atomic E-state index is -0.241. The second-order valence-electron chi connectivity index (χ2n) is 6.00. The van der Waals surface area contributed by atoms with Crippen LogP contribution in [0, 0.1) is 11.8 Å². The molecular formula is C18H19NO4. The highest BCUT2D eigenvalue weighted by Gasteiger charge is 2.47. The molecule has 3 rings (SSSR count). The quantitative estimate of drug-likeness (QED) is 0.486. The predicted octanol–water partition coefficient (Wildman–Crippen LogP) is 2.35. The number of ketones is 1. The van der Waals surface area contributed by atoms with E-state index >= 15 is 0 Å². The van der Waals surface area contributed by atoms with Crippen molar-refractivity contribution in [1.82, 2.24) is 4.90 Å². The van der Waals surface area contributed by atoms with Crippen LogP contribution in [0.4, 0.5) is 0 Å². The Balaban J connectivity index is 1.90. The van der Waals surface area contributed by atoms with Crippen molar-refractivity contribution in [2.45, 2.75) is 26.3 Å². The molecule has 1 heterocycles. The number of amides is 2. The molecule has 0 radical (unpaired) electrons. The molecule has 1 fully saturated rings. The van der Waals surface area contributed by atoms with E-state index in [1.807, 2.05) is 12.2 Å². The number of carbonyl (C=O) groups is 3. The summed E-state index contributed by atoms with van der Waals surface area (Å²) in [6, 6.07) is 5.08. The number of hydrogen-bond acceptors (Lipinski definition) is 4. The normalized spacial score (nSPS) is 23.1. The largest absolute Gasteiger partial charge is 0.496 e. The summed E-state index contributed by atoms with van der Waals surface area (Å²) in [5, 5.41) is 0. The first-order valence-corrected chi connectivity index (χ1v) is 7.71. The summed E-state index contributed by atoms with van der Waals surface area (Å²) >= 11 is 0. The molecule has 0 spiro atoms. The Morgan fingerprint density at radius 3 is 2.30 bits per heavy atom. The van der Waals surface area contributed by atoms with Gasteiger partial charge in [0.25, 0.3) is 0 Å². The molecule has 1 aliphatic heterocycles. The zero-order chi connectivity index (χ0) is 16.6. The van der Waals surface area contributed by atoms with Crippen molar-refractivity contribution in [3.8, 4) is 5.75 Å². The van der Waals surface area contributed by atoms with Crippen molar-refractivity contribution in [3.05, 3.63) is 41.5 Å². The molecule has 120 valence electrons. The van der Waals surface area contributed by atoms with Crippen LogP contribution in [0.5, 0.6) is 5.75 Å². The minimum Gasteiger partial charge on any atom is -0.496 e. The van der Waals surface area contributed by atoms with Gasteiger partial charge in [-0.05, 0) is 38.0 Å². The van der Waals surface area contributed by atoms with Crippen molar-refractivity contribution >= 4 is 17.6 Å². The van der Waals surface area contributed by atoms with Crippen LogP contribution in [-0.2, 0) is 16.1 Å². The lowest BCUT2D eigenvalue weighted by molar-refractivity contribution is -0.140. The third kappa shape index (κ3) is 2.67. The number of methoxy groups -OCH3 is 1. The number of likely N-dealkylation sites (tertiary alicyclic amines) is 1. The van der Waals surface area contributed by atoms with Crippen molar-refractivity contribution in [2.75, 3.05) is 7.11 Å². The summed E-state index contributed by atoms with van der Waals surface area (Å²) in [7, 11) is 1.53. The van der Waals surface area contributed by atoms with Crippen LogP contribution >= 0.6 is 0 Å². The molecule has 0 saturated carbocycles. The Morgan fingerprint density at radius 2 is 1.78 bits per heavy atom. The summed E-state index contributed by atoms with van der Waals surface area (Å²) in [5.74, 6) is -0.224. The number of Topliss-reactive ketones (excluding diaryl/α,β-unsaturated/α-hetero) is 1. The second-order valence-corrected chi connectivity index (χ2v) is 6.00. The first kappa shape index (κ1) is 15.5. The molecule has 0 unspecified atom stereocenters. The lowest BCUT2D eigenvalue weighted by Gasteiger charge is -2.17. The van der Waals surface area contributed by atoms with E-state index < -0.39 is 0 Å². The first-order chi connectivity index (χ1) is 11.0. The first-order valence-electron chi connectivity index (χ1n) is 7.71. The van der Waals surface area contributed by atoms with Crippen LogP contribution in [0.15, 0.2) is 30.4 Å². The van der Waals surface area contributed by atoms with Crippen LogP contribution in [0.2, 0.25) is 0 Å². The summed E-state index contributed by atoms with van der Waals surface area (Å²) in [4.78, 5) is 38.0. The number of hydrogen-bond donors (Lipinski definition) is 0. The maximum Gasteiger partial charge on any atom is 0.233 e. The van der Waals surface area contributed by atoms with Crippen molar-refractivity contribution < 1.29 is 19.1 Å². The molecule has 1 aromatic rings. The Bertz CT molecular complexity index is 681. The van der Waals surface area contributed by atoms with Gasteiger partial charge in [0.1, 0.15) is 5.75 Å². The highest BCUT2D eigenvalue weighted by molar-refractivity contribution is 6.05. The Kier molecular flexibility index (Phi) is 4.03. The molecule has 5 heteroatoms. The van der Waals surface area contributed by atoms with E-state index in [2.05, 4.69) is 0 Å². The average Bonchev–Trinajstić information content (AvgIpc) is 2.80. The molecule has 2 amide bonds. The summed E-state index contributed by atoms with van der Waals surface area (Å²) in [6.07, 6.45) is 5.17. The van der Waals surface area contributed by atoms with Gasteiger partial charge in [-0.15, -0.1) is 0 Å². The van der Waals surface area contributed by atoms with Crippen molar-refractivity contribution in [2.24, 2.45) is 11.8 Å². The van der Waals surface area contributed by atoms with Crippen LogP contribution in [0.25, 0.3) is 0 Å². The number of nitrogens with zero attached hydrogens (tertiary/aromatic N) is 1. The fourth-order valence-corrected chi connectivity index (χ4v) is 3.32. The van der Waals surface area contributed by atoms with Crippen molar-refractivity contribution in [3.63, 3.8) is 0 Å². The van der Waals surface area contributed by atoms with Gasteiger partial charge in [0.2, 0.25) is 11.8 Å². The van der Waals surface area contributed by atoms with Gasteiger partial charge in [-0.25, -0.2) is 0 Å². The molecule has 1 aromatic carbocycles. The molecule has 1 aliphatic carbocycles. The van der Waals surface area contributed by atoms with Crippen LogP contribution in [-0.4, -0.2) is 29.6 Å². The van der Waals surface area contributed by atoms with E-state index in [-0.39, 0.29) is 36.0 Å². The highest BCUT2D eigenvalue weighted by atomic mass is 16.5. The van der Waals surface area contributed by atoms with Crippen LogP contribution in [0.1, 0.15) is 35.7 Å².